The van der Waals surface area contributed by atoms with E-state index in [1.54, 1.807) is 0 Å². The Hall–Kier alpha value is -4.65. The summed E-state index contributed by atoms with van der Waals surface area (Å²) in [5.41, 5.74) is 4.26. The molecule has 0 aromatic carbocycles. The lowest BCUT2D eigenvalue weighted by molar-refractivity contribution is 0.581. The normalized spacial score (nSPS) is 11.6. The fraction of sp³-hybridized carbons (Fsp3) is 0.444. The second kappa shape index (κ2) is 18.7. The maximum Gasteiger partial charge on any atom is 0.142 e. The Morgan fingerprint density at radius 2 is 0.538 bits per heavy atom. The van der Waals surface area contributed by atoms with Gasteiger partial charge in [-0.2, -0.15) is 0 Å². The number of anilines is 6. The lowest BCUT2D eigenvalue weighted by Gasteiger charge is -2.27. The smallest absolute Gasteiger partial charge is 0.142 e. The molecule has 0 bridgehead atoms. The molecule has 52 heavy (non-hydrogen) atoms. The zero-order chi connectivity index (χ0) is 37.0. The first-order valence-electron chi connectivity index (χ1n) is 19.5. The Kier molecular flexibility index (Phi) is 13.9. The SMILES string of the molecule is CC(C)CCc1cccc(N(c2cccc(CCC(C)C)n2)c2cccc(N(c3cccc(CCC(C)C)n3)c3cccc(CCC(C)C)n3)n2)n1. The summed E-state index contributed by atoms with van der Waals surface area (Å²) in [5, 5.41) is 0. The van der Waals surface area contributed by atoms with Crippen LogP contribution in [0.5, 0.6) is 0 Å². The minimum absolute atomic E-state index is 0.597. The Morgan fingerprint density at radius 1 is 0.327 bits per heavy atom. The summed E-state index contributed by atoms with van der Waals surface area (Å²) in [6, 6.07) is 31.3. The van der Waals surface area contributed by atoms with Gasteiger partial charge in [0.05, 0.1) is 0 Å². The highest BCUT2D eigenvalue weighted by Gasteiger charge is 2.22. The third-order valence-corrected chi connectivity index (χ3v) is 9.17. The molecule has 0 aliphatic heterocycles. The average molecular weight is 698 g/mol. The number of hydrogen-bond acceptors (Lipinski definition) is 7. The van der Waals surface area contributed by atoms with Crippen molar-refractivity contribution < 1.29 is 0 Å². The predicted octanol–water partition coefficient (Wildman–Crippen LogP) is 12.0. The topological polar surface area (TPSA) is 70.9 Å². The Bertz CT molecular complexity index is 1610. The zero-order valence-electron chi connectivity index (χ0n) is 32.8. The van der Waals surface area contributed by atoms with E-state index in [2.05, 4.69) is 144 Å². The Balaban J connectivity index is 1.64. The molecule has 0 fully saturated rings. The summed E-state index contributed by atoms with van der Waals surface area (Å²) in [6.45, 7) is 18.1. The summed E-state index contributed by atoms with van der Waals surface area (Å²) >= 11 is 0. The molecule has 274 valence electrons. The van der Waals surface area contributed by atoms with Crippen LogP contribution in [0.15, 0.2) is 91.0 Å². The van der Waals surface area contributed by atoms with E-state index in [4.69, 9.17) is 24.9 Å². The maximum atomic E-state index is 5.39. The van der Waals surface area contributed by atoms with Gasteiger partial charge >= 0.3 is 0 Å². The third kappa shape index (κ3) is 11.2. The third-order valence-electron chi connectivity index (χ3n) is 9.17. The van der Waals surface area contributed by atoms with E-state index in [0.29, 0.717) is 23.7 Å². The number of rotatable bonds is 18. The van der Waals surface area contributed by atoms with Gasteiger partial charge < -0.3 is 0 Å². The summed E-state index contributed by atoms with van der Waals surface area (Å²) in [7, 11) is 0. The van der Waals surface area contributed by atoms with E-state index >= 15 is 0 Å². The summed E-state index contributed by atoms with van der Waals surface area (Å²) in [6.07, 6.45) is 7.98. The van der Waals surface area contributed by atoms with Gasteiger partial charge in [0.1, 0.15) is 34.9 Å². The first-order chi connectivity index (χ1) is 25.0. The van der Waals surface area contributed by atoms with Crippen molar-refractivity contribution in [3.05, 3.63) is 114 Å². The van der Waals surface area contributed by atoms with Crippen LogP contribution in [0, 0.1) is 23.7 Å². The van der Waals surface area contributed by atoms with Crippen molar-refractivity contribution in [1.82, 2.24) is 24.9 Å². The van der Waals surface area contributed by atoms with Crippen molar-refractivity contribution in [3.63, 3.8) is 0 Å². The molecular weight excluding hydrogens is 639 g/mol. The molecule has 0 saturated heterocycles. The van der Waals surface area contributed by atoms with Crippen molar-refractivity contribution >= 4 is 34.9 Å². The highest BCUT2D eigenvalue weighted by atomic mass is 15.3. The molecule has 0 aliphatic rings. The molecule has 0 amide bonds. The maximum absolute atomic E-state index is 5.39. The van der Waals surface area contributed by atoms with E-state index in [1.807, 2.05) is 12.1 Å². The largest absolute Gasteiger partial charge is 0.262 e. The van der Waals surface area contributed by atoms with Gasteiger partial charge in [0.25, 0.3) is 0 Å². The van der Waals surface area contributed by atoms with E-state index in [-0.39, 0.29) is 0 Å². The quantitative estimate of drug-likeness (QED) is 0.0902. The van der Waals surface area contributed by atoms with E-state index in [0.717, 1.165) is 109 Å². The van der Waals surface area contributed by atoms with Gasteiger partial charge in [0, 0.05) is 22.8 Å². The molecule has 0 radical (unpaired) electrons. The van der Waals surface area contributed by atoms with Crippen LogP contribution in [0.1, 0.15) is 104 Å². The predicted molar refractivity (Wildman–Crippen MR) is 217 cm³/mol. The number of aromatic nitrogens is 5. The Morgan fingerprint density at radius 3 is 0.769 bits per heavy atom. The number of hydrogen-bond donors (Lipinski definition) is 0. The highest BCUT2D eigenvalue weighted by Crippen LogP contribution is 2.36. The summed E-state index contributed by atoms with van der Waals surface area (Å²) in [4.78, 5) is 30.3. The van der Waals surface area contributed by atoms with Gasteiger partial charge in [-0.05, 0) is 136 Å². The van der Waals surface area contributed by atoms with Gasteiger partial charge in [0.15, 0.2) is 0 Å². The molecule has 0 spiro atoms. The van der Waals surface area contributed by atoms with Crippen molar-refractivity contribution in [2.45, 2.75) is 107 Å². The van der Waals surface area contributed by atoms with Crippen LogP contribution in [0.3, 0.4) is 0 Å². The fourth-order valence-electron chi connectivity index (χ4n) is 6.03. The van der Waals surface area contributed by atoms with Crippen molar-refractivity contribution in [1.29, 1.82) is 0 Å². The summed E-state index contributed by atoms with van der Waals surface area (Å²) < 4.78 is 0. The minimum Gasteiger partial charge on any atom is -0.262 e. The molecule has 0 N–H and O–H groups in total. The molecule has 0 saturated carbocycles. The van der Waals surface area contributed by atoms with Gasteiger partial charge in [-0.25, -0.2) is 24.9 Å². The van der Waals surface area contributed by atoms with Crippen LogP contribution in [0.25, 0.3) is 0 Å². The molecule has 5 aromatic rings. The fourth-order valence-corrected chi connectivity index (χ4v) is 6.03. The average Bonchev–Trinajstić information content (AvgIpc) is 3.13. The molecular formula is C45H59N7. The summed E-state index contributed by atoms with van der Waals surface area (Å²) in [5.74, 6) is 7.05. The Labute approximate surface area is 313 Å². The molecule has 5 rings (SSSR count). The monoisotopic (exact) mass is 697 g/mol. The lowest BCUT2D eigenvalue weighted by atomic mass is 10.1. The first-order valence-corrected chi connectivity index (χ1v) is 19.5. The van der Waals surface area contributed by atoms with Crippen molar-refractivity contribution in [2.75, 3.05) is 9.80 Å². The van der Waals surface area contributed by atoms with Gasteiger partial charge in [-0.1, -0.05) is 85.7 Å². The number of pyridine rings is 5. The molecule has 5 aromatic heterocycles. The van der Waals surface area contributed by atoms with Gasteiger partial charge in [0.2, 0.25) is 0 Å². The zero-order valence-corrected chi connectivity index (χ0v) is 32.8. The van der Waals surface area contributed by atoms with E-state index in [9.17, 15) is 0 Å². The molecule has 0 aliphatic carbocycles. The second-order valence-corrected chi connectivity index (χ2v) is 15.7. The second-order valence-electron chi connectivity index (χ2n) is 15.7. The van der Waals surface area contributed by atoms with Crippen LogP contribution in [-0.2, 0) is 25.7 Å². The number of aryl methyl sites for hydroxylation is 4. The minimum atomic E-state index is 0.597. The number of nitrogens with zero attached hydrogens (tertiary/aromatic N) is 7. The van der Waals surface area contributed by atoms with Gasteiger partial charge in [-0.15, -0.1) is 0 Å². The molecule has 7 heteroatoms. The molecule has 5 heterocycles. The molecule has 0 unspecified atom stereocenters. The molecule has 0 atom stereocenters. The van der Waals surface area contributed by atoms with Crippen molar-refractivity contribution in [3.8, 4) is 0 Å². The molecule has 7 nitrogen and oxygen atoms in total. The van der Waals surface area contributed by atoms with Crippen LogP contribution < -0.4 is 9.80 Å². The van der Waals surface area contributed by atoms with Crippen LogP contribution in [-0.4, -0.2) is 24.9 Å². The lowest BCUT2D eigenvalue weighted by Crippen LogP contribution is -2.19. The van der Waals surface area contributed by atoms with Crippen LogP contribution >= 0.6 is 0 Å². The van der Waals surface area contributed by atoms with E-state index < -0.39 is 0 Å². The van der Waals surface area contributed by atoms with Gasteiger partial charge in [-0.3, -0.25) is 9.80 Å². The van der Waals surface area contributed by atoms with Crippen molar-refractivity contribution in [2.24, 2.45) is 23.7 Å². The standard InChI is InChI=1S/C45H59N7/c1-32(2)24-28-36-14-9-18-40(46-36)51(41-19-10-15-37(47-41)29-25-33(3)4)44-22-13-23-45(50-44)52(42-20-11-16-38(48-42)30-26-34(5)6)43-21-12-17-39(49-43)31-27-35(7)8/h9-23,32-35H,24-31H2,1-8H3. The van der Waals surface area contributed by atoms with Crippen LogP contribution in [0.2, 0.25) is 0 Å². The van der Waals surface area contributed by atoms with E-state index in [1.165, 1.54) is 0 Å². The highest BCUT2D eigenvalue weighted by molar-refractivity contribution is 5.74. The first kappa shape index (κ1) is 38.6. The van der Waals surface area contributed by atoms with Crippen LogP contribution in [0.4, 0.5) is 34.9 Å².